The molecule has 0 N–H and O–H groups in total. The smallest absolute Gasteiger partial charge is 0.423 e. The van der Waals surface area contributed by atoms with Crippen LogP contribution in [0.25, 0.3) is 0 Å². The fraction of sp³-hybridized carbons (Fsp3) is 0.0769. The summed E-state index contributed by atoms with van der Waals surface area (Å²) in [6.07, 6.45) is -4.83. The minimum Gasteiger partial charge on any atom is -0.457 e. The molecular weight excluding hydrogens is 402 g/mol. The van der Waals surface area contributed by atoms with E-state index in [0.29, 0.717) is 11.8 Å². The van der Waals surface area contributed by atoms with Crippen molar-refractivity contribution >= 4 is 28.3 Å². The van der Waals surface area contributed by atoms with Gasteiger partial charge >= 0.3 is 6.18 Å². The van der Waals surface area contributed by atoms with Gasteiger partial charge in [-0.15, -0.1) is 0 Å². The lowest BCUT2D eigenvalue weighted by Gasteiger charge is -2.10. The summed E-state index contributed by atoms with van der Waals surface area (Å²) in [5.41, 5.74) is -2.34. The topological polar surface area (TPSA) is 52.4 Å². The van der Waals surface area contributed by atoms with Crippen molar-refractivity contribution in [3.8, 4) is 11.5 Å². The lowest BCUT2D eigenvalue weighted by Crippen LogP contribution is -2.09. The Kier molecular flexibility index (Phi) is 4.35. The zero-order chi connectivity index (χ0) is 15.6. The highest BCUT2D eigenvalue weighted by Gasteiger charge is 2.38. The molecule has 2 aromatic rings. The molecule has 0 aliphatic rings. The van der Waals surface area contributed by atoms with E-state index in [1.54, 1.807) is 24.3 Å². The Morgan fingerprint density at radius 3 is 2.33 bits per heavy atom. The molecule has 0 saturated heterocycles. The van der Waals surface area contributed by atoms with Crippen LogP contribution in [0.1, 0.15) is 5.56 Å². The first-order valence-corrected chi connectivity index (χ1v) is 6.64. The minimum absolute atomic E-state index is 0.116. The van der Waals surface area contributed by atoms with Gasteiger partial charge in [-0.1, -0.05) is 6.07 Å². The van der Waals surface area contributed by atoms with Gasteiger partial charge < -0.3 is 4.74 Å². The maximum atomic E-state index is 12.8. The van der Waals surface area contributed by atoms with Crippen LogP contribution in [0.15, 0.2) is 42.5 Å². The summed E-state index contributed by atoms with van der Waals surface area (Å²) in [6.45, 7) is 0. The van der Waals surface area contributed by atoms with Crippen molar-refractivity contribution in [1.29, 1.82) is 0 Å². The summed E-state index contributed by atoms with van der Waals surface area (Å²) < 4.78 is 44.6. The zero-order valence-electron chi connectivity index (χ0n) is 10.2. The van der Waals surface area contributed by atoms with E-state index >= 15 is 0 Å². The summed E-state index contributed by atoms with van der Waals surface area (Å²) in [7, 11) is 0. The van der Waals surface area contributed by atoms with E-state index in [1.807, 2.05) is 22.6 Å². The van der Waals surface area contributed by atoms with Gasteiger partial charge in [-0.3, -0.25) is 10.1 Å². The normalized spacial score (nSPS) is 11.2. The SMILES string of the molecule is O=[N+]([O-])c1ccc(Oc2cccc(I)c2)cc1C(F)(F)F. The number of halogens is 4. The molecule has 0 radical (unpaired) electrons. The van der Waals surface area contributed by atoms with E-state index in [1.165, 1.54) is 0 Å². The van der Waals surface area contributed by atoms with Crippen LogP contribution >= 0.6 is 22.6 Å². The van der Waals surface area contributed by atoms with E-state index in [-0.39, 0.29) is 5.75 Å². The highest BCUT2D eigenvalue weighted by molar-refractivity contribution is 14.1. The van der Waals surface area contributed by atoms with Crippen molar-refractivity contribution in [3.05, 3.63) is 61.7 Å². The van der Waals surface area contributed by atoms with E-state index in [4.69, 9.17) is 4.74 Å². The van der Waals surface area contributed by atoms with E-state index in [0.717, 1.165) is 15.7 Å². The van der Waals surface area contributed by atoms with Crippen LogP contribution in [0.5, 0.6) is 11.5 Å². The maximum absolute atomic E-state index is 12.8. The van der Waals surface area contributed by atoms with Crippen molar-refractivity contribution in [2.75, 3.05) is 0 Å². The van der Waals surface area contributed by atoms with Gasteiger partial charge in [0.2, 0.25) is 0 Å². The average molecular weight is 409 g/mol. The molecule has 0 atom stereocenters. The molecule has 0 amide bonds. The van der Waals surface area contributed by atoms with Crippen molar-refractivity contribution in [3.63, 3.8) is 0 Å². The molecule has 8 heteroatoms. The molecule has 0 fully saturated rings. The Morgan fingerprint density at radius 2 is 1.76 bits per heavy atom. The Bertz CT molecular complexity index is 689. The third-order valence-corrected chi connectivity index (χ3v) is 3.17. The van der Waals surface area contributed by atoms with Crippen LogP contribution in [0, 0.1) is 13.7 Å². The van der Waals surface area contributed by atoms with Gasteiger partial charge in [0, 0.05) is 9.64 Å². The van der Waals surface area contributed by atoms with E-state index < -0.39 is 22.4 Å². The number of nitro groups is 1. The number of ether oxygens (including phenoxy) is 1. The number of nitro benzene ring substituents is 1. The monoisotopic (exact) mass is 409 g/mol. The van der Waals surface area contributed by atoms with Gasteiger partial charge in [-0.05, 0) is 52.9 Å². The Morgan fingerprint density at radius 1 is 1.10 bits per heavy atom. The number of hydrogen-bond donors (Lipinski definition) is 0. The first-order chi connectivity index (χ1) is 9.77. The van der Waals surface area contributed by atoms with Gasteiger partial charge in [0.15, 0.2) is 0 Å². The second-order valence-electron chi connectivity index (χ2n) is 3.99. The number of alkyl halides is 3. The molecule has 0 aliphatic heterocycles. The standard InChI is InChI=1S/C13H7F3INO3/c14-13(15,16)11-7-10(4-5-12(11)18(19)20)21-9-3-1-2-8(17)6-9/h1-7H. The maximum Gasteiger partial charge on any atom is 0.423 e. The first-order valence-electron chi connectivity index (χ1n) is 5.56. The van der Waals surface area contributed by atoms with Crippen LogP contribution in [0.2, 0.25) is 0 Å². The lowest BCUT2D eigenvalue weighted by molar-refractivity contribution is -0.388. The van der Waals surface area contributed by atoms with E-state index in [2.05, 4.69) is 0 Å². The van der Waals surface area contributed by atoms with Crippen molar-refractivity contribution < 1.29 is 22.8 Å². The predicted molar refractivity (Wildman–Crippen MR) is 77.3 cm³/mol. The third kappa shape index (κ3) is 3.84. The molecule has 0 saturated carbocycles. The van der Waals surface area contributed by atoms with E-state index in [9.17, 15) is 23.3 Å². The number of rotatable bonds is 3. The molecular formula is C13H7F3INO3. The molecule has 2 rings (SSSR count). The number of nitrogens with zero attached hydrogens (tertiary/aromatic N) is 1. The summed E-state index contributed by atoms with van der Waals surface area (Å²) >= 11 is 2.03. The third-order valence-electron chi connectivity index (χ3n) is 2.50. The van der Waals surface area contributed by atoms with Crippen molar-refractivity contribution in [2.24, 2.45) is 0 Å². The van der Waals surface area contributed by atoms with Crippen LogP contribution in [-0.2, 0) is 6.18 Å². The molecule has 0 unspecified atom stereocenters. The van der Waals surface area contributed by atoms with Gasteiger partial charge in [0.25, 0.3) is 5.69 Å². The molecule has 0 aromatic heterocycles. The molecule has 0 spiro atoms. The van der Waals surface area contributed by atoms with Crippen LogP contribution < -0.4 is 4.74 Å². The molecule has 2 aromatic carbocycles. The molecule has 21 heavy (non-hydrogen) atoms. The Balaban J connectivity index is 2.40. The lowest BCUT2D eigenvalue weighted by atomic mass is 10.1. The zero-order valence-corrected chi connectivity index (χ0v) is 12.4. The second-order valence-corrected chi connectivity index (χ2v) is 5.24. The fourth-order valence-electron chi connectivity index (χ4n) is 1.63. The van der Waals surface area contributed by atoms with Crippen LogP contribution in [-0.4, -0.2) is 4.92 Å². The summed E-state index contributed by atoms with van der Waals surface area (Å²) in [5, 5.41) is 10.6. The van der Waals surface area contributed by atoms with Gasteiger partial charge in [-0.25, -0.2) is 0 Å². The molecule has 0 heterocycles. The molecule has 110 valence electrons. The quantitative estimate of drug-likeness (QED) is 0.407. The Hall–Kier alpha value is -1.84. The average Bonchev–Trinajstić information content (AvgIpc) is 2.37. The molecule has 4 nitrogen and oxygen atoms in total. The van der Waals surface area contributed by atoms with Gasteiger partial charge in [0.1, 0.15) is 17.1 Å². The molecule has 0 bridgehead atoms. The van der Waals surface area contributed by atoms with Gasteiger partial charge in [0.05, 0.1) is 4.92 Å². The highest BCUT2D eigenvalue weighted by atomic mass is 127. The molecule has 0 aliphatic carbocycles. The number of benzene rings is 2. The summed E-state index contributed by atoms with van der Waals surface area (Å²) in [6, 6.07) is 9.24. The highest BCUT2D eigenvalue weighted by Crippen LogP contribution is 2.39. The van der Waals surface area contributed by atoms with Crippen molar-refractivity contribution in [1.82, 2.24) is 0 Å². The fourth-order valence-corrected chi connectivity index (χ4v) is 2.15. The number of hydrogen-bond acceptors (Lipinski definition) is 3. The van der Waals surface area contributed by atoms with Crippen LogP contribution in [0.3, 0.4) is 0 Å². The van der Waals surface area contributed by atoms with Crippen molar-refractivity contribution in [2.45, 2.75) is 6.18 Å². The van der Waals surface area contributed by atoms with Crippen LogP contribution in [0.4, 0.5) is 18.9 Å². The largest absolute Gasteiger partial charge is 0.457 e. The first kappa shape index (κ1) is 15.5. The minimum atomic E-state index is -4.83. The van der Waals surface area contributed by atoms with Gasteiger partial charge in [-0.2, -0.15) is 13.2 Å². The Labute approximate surface area is 130 Å². The summed E-state index contributed by atoms with van der Waals surface area (Å²) in [5.74, 6) is 0.235. The predicted octanol–water partition coefficient (Wildman–Crippen LogP) is 5.01. The summed E-state index contributed by atoms with van der Waals surface area (Å²) in [4.78, 5) is 9.58. The second kappa shape index (κ2) is 5.88.